The molecule has 1 atom stereocenters. The number of benzene rings is 1. The summed E-state index contributed by atoms with van der Waals surface area (Å²) in [4.78, 5) is 2.56. The van der Waals surface area contributed by atoms with E-state index in [0.29, 0.717) is 29.0 Å². The number of likely N-dealkylation sites (tertiary alicyclic amines) is 1. The summed E-state index contributed by atoms with van der Waals surface area (Å²) in [5.41, 5.74) is 0.995. The highest BCUT2D eigenvalue weighted by molar-refractivity contribution is 5.60. The lowest BCUT2D eigenvalue weighted by Crippen LogP contribution is -2.37. The van der Waals surface area contributed by atoms with Gasteiger partial charge in [0.2, 0.25) is 0 Å². The Kier molecular flexibility index (Phi) is 5.03. The SMILES string of the molecule is CC(C)CN1CCC[C@@H]1CNc1ccc2nnc(-c3ccccc3F)n2n1. The minimum Gasteiger partial charge on any atom is -0.367 e. The van der Waals surface area contributed by atoms with E-state index in [-0.39, 0.29) is 5.82 Å². The Hall–Kier alpha value is -2.54. The van der Waals surface area contributed by atoms with Gasteiger partial charge in [-0.2, -0.15) is 4.52 Å². The van der Waals surface area contributed by atoms with Crippen LogP contribution in [0.25, 0.3) is 17.0 Å². The highest BCUT2D eigenvalue weighted by Crippen LogP contribution is 2.22. The molecule has 0 bridgehead atoms. The number of nitrogens with zero attached hydrogens (tertiary/aromatic N) is 5. The van der Waals surface area contributed by atoms with Crippen molar-refractivity contribution in [2.45, 2.75) is 32.7 Å². The van der Waals surface area contributed by atoms with Gasteiger partial charge in [-0.3, -0.25) is 4.90 Å². The molecule has 142 valence electrons. The fourth-order valence-corrected chi connectivity index (χ4v) is 3.75. The molecule has 1 N–H and O–H groups in total. The highest BCUT2D eigenvalue weighted by atomic mass is 19.1. The second kappa shape index (κ2) is 7.60. The maximum atomic E-state index is 14.2. The molecule has 0 radical (unpaired) electrons. The van der Waals surface area contributed by atoms with Crippen molar-refractivity contribution in [2.75, 3.05) is 25.0 Å². The van der Waals surface area contributed by atoms with Crippen molar-refractivity contribution >= 4 is 11.5 Å². The molecule has 1 fully saturated rings. The molecule has 7 heteroatoms. The smallest absolute Gasteiger partial charge is 0.188 e. The van der Waals surface area contributed by atoms with Crippen molar-refractivity contribution in [1.29, 1.82) is 0 Å². The van der Waals surface area contributed by atoms with E-state index in [1.807, 2.05) is 12.1 Å². The summed E-state index contributed by atoms with van der Waals surface area (Å²) in [6, 6.07) is 10.8. The summed E-state index contributed by atoms with van der Waals surface area (Å²) >= 11 is 0. The zero-order valence-corrected chi connectivity index (χ0v) is 15.8. The summed E-state index contributed by atoms with van der Waals surface area (Å²) < 4.78 is 15.7. The van der Waals surface area contributed by atoms with Crippen LogP contribution in [0.15, 0.2) is 36.4 Å². The van der Waals surface area contributed by atoms with Gasteiger partial charge in [-0.15, -0.1) is 15.3 Å². The molecule has 27 heavy (non-hydrogen) atoms. The van der Waals surface area contributed by atoms with Crippen LogP contribution in [0.2, 0.25) is 0 Å². The predicted molar refractivity (Wildman–Crippen MR) is 104 cm³/mol. The molecule has 0 amide bonds. The van der Waals surface area contributed by atoms with Crippen molar-refractivity contribution in [1.82, 2.24) is 24.7 Å². The lowest BCUT2D eigenvalue weighted by molar-refractivity contribution is 0.234. The van der Waals surface area contributed by atoms with E-state index < -0.39 is 0 Å². The molecule has 1 aliphatic heterocycles. The Labute approximate surface area is 158 Å². The molecule has 1 aliphatic rings. The molecular weight excluding hydrogens is 343 g/mol. The normalized spacial score (nSPS) is 17.9. The third kappa shape index (κ3) is 3.78. The topological polar surface area (TPSA) is 58.3 Å². The molecule has 3 heterocycles. The number of fused-ring (bicyclic) bond motifs is 1. The van der Waals surface area contributed by atoms with Crippen LogP contribution in [0.1, 0.15) is 26.7 Å². The average Bonchev–Trinajstić information content (AvgIpc) is 3.26. The Morgan fingerprint density at radius 2 is 2.04 bits per heavy atom. The van der Waals surface area contributed by atoms with Crippen LogP contribution < -0.4 is 5.32 Å². The van der Waals surface area contributed by atoms with Gasteiger partial charge in [0.25, 0.3) is 0 Å². The first-order chi connectivity index (χ1) is 13.1. The van der Waals surface area contributed by atoms with Crippen LogP contribution in [0.3, 0.4) is 0 Å². The van der Waals surface area contributed by atoms with Crippen LogP contribution in [0.5, 0.6) is 0 Å². The zero-order valence-electron chi connectivity index (χ0n) is 15.8. The number of hydrogen-bond acceptors (Lipinski definition) is 5. The van der Waals surface area contributed by atoms with Crippen molar-refractivity contribution in [3.05, 3.63) is 42.2 Å². The minimum atomic E-state index is -0.331. The first kappa shape index (κ1) is 17.9. The molecule has 4 rings (SSSR count). The van der Waals surface area contributed by atoms with Crippen LogP contribution >= 0.6 is 0 Å². The molecule has 3 aromatic rings. The Bertz CT molecular complexity index is 922. The largest absolute Gasteiger partial charge is 0.367 e. The third-order valence-electron chi connectivity index (χ3n) is 5.00. The number of rotatable bonds is 6. The van der Waals surface area contributed by atoms with E-state index in [2.05, 4.69) is 39.4 Å². The van der Waals surface area contributed by atoms with Crippen LogP contribution in [-0.2, 0) is 0 Å². The molecule has 0 spiro atoms. The molecular formula is C20H25FN6. The second-order valence-corrected chi connectivity index (χ2v) is 7.56. The van der Waals surface area contributed by atoms with Crippen LogP contribution in [0.4, 0.5) is 10.2 Å². The maximum absolute atomic E-state index is 14.2. The first-order valence-corrected chi connectivity index (χ1v) is 9.57. The molecule has 6 nitrogen and oxygen atoms in total. The van der Waals surface area contributed by atoms with Gasteiger partial charge >= 0.3 is 0 Å². The van der Waals surface area contributed by atoms with Gasteiger partial charge in [0.05, 0.1) is 5.56 Å². The van der Waals surface area contributed by atoms with Crippen LogP contribution in [-0.4, -0.2) is 50.4 Å². The maximum Gasteiger partial charge on any atom is 0.188 e. The Balaban J connectivity index is 1.53. The summed E-state index contributed by atoms with van der Waals surface area (Å²) in [7, 11) is 0. The van der Waals surface area contributed by atoms with Gasteiger partial charge in [0.15, 0.2) is 11.5 Å². The van der Waals surface area contributed by atoms with Crippen molar-refractivity contribution in [2.24, 2.45) is 5.92 Å². The average molecular weight is 368 g/mol. The first-order valence-electron chi connectivity index (χ1n) is 9.57. The molecule has 0 aliphatic carbocycles. The number of nitrogens with one attached hydrogen (secondary N) is 1. The van der Waals surface area contributed by atoms with E-state index in [9.17, 15) is 4.39 Å². The molecule has 0 unspecified atom stereocenters. The fraction of sp³-hybridized carbons (Fsp3) is 0.450. The van der Waals surface area contributed by atoms with Gasteiger partial charge < -0.3 is 5.32 Å². The fourth-order valence-electron chi connectivity index (χ4n) is 3.75. The van der Waals surface area contributed by atoms with Gasteiger partial charge in [-0.25, -0.2) is 4.39 Å². The van der Waals surface area contributed by atoms with Crippen molar-refractivity contribution in [3.8, 4) is 11.4 Å². The third-order valence-corrected chi connectivity index (χ3v) is 5.00. The van der Waals surface area contributed by atoms with Gasteiger partial charge in [0.1, 0.15) is 11.6 Å². The van der Waals surface area contributed by atoms with Crippen LogP contribution in [0, 0.1) is 11.7 Å². The summed E-state index contributed by atoms with van der Waals surface area (Å²) in [6.07, 6.45) is 2.45. The number of aromatic nitrogens is 4. The molecule has 1 saturated heterocycles. The Morgan fingerprint density at radius 1 is 1.19 bits per heavy atom. The highest BCUT2D eigenvalue weighted by Gasteiger charge is 2.24. The monoisotopic (exact) mass is 368 g/mol. The lowest BCUT2D eigenvalue weighted by atomic mass is 10.1. The number of halogens is 1. The molecule has 1 aromatic carbocycles. The summed E-state index contributed by atoms with van der Waals surface area (Å²) in [6.45, 7) is 7.66. The van der Waals surface area contributed by atoms with Crippen molar-refractivity contribution in [3.63, 3.8) is 0 Å². The molecule has 0 saturated carbocycles. The Morgan fingerprint density at radius 3 is 2.85 bits per heavy atom. The molecule has 2 aromatic heterocycles. The van der Waals surface area contributed by atoms with Gasteiger partial charge in [-0.1, -0.05) is 26.0 Å². The van der Waals surface area contributed by atoms with Gasteiger partial charge in [0, 0.05) is 19.1 Å². The van der Waals surface area contributed by atoms with E-state index in [1.54, 1.807) is 22.7 Å². The quantitative estimate of drug-likeness (QED) is 0.722. The van der Waals surface area contributed by atoms with E-state index in [0.717, 1.165) is 18.9 Å². The number of anilines is 1. The zero-order chi connectivity index (χ0) is 18.8. The van der Waals surface area contributed by atoms with E-state index in [4.69, 9.17) is 0 Å². The standard InChI is InChI=1S/C20H25FN6/c1-14(2)13-26-11-5-6-15(26)12-22-18-9-10-19-23-24-20(27(19)25-18)16-7-3-4-8-17(16)21/h3-4,7-10,14-15H,5-6,11-13H2,1-2H3,(H,22,25)/t15-/m1/s1. The lowest BCUT2D eigenvalue weighted by Gasteiger charge is -2.26. The summed E-state index contributed by atoms with van der Waals surface area (Å²) in [5, 5.41) is 16.3. The second-order valence-electron chi connectivity index (χ2n) is 7.56. The van der Waals surface area contributed by atoms with E-state index >= 15 is 0 Å². The number of hydrogen-bond donors (Lipinski definition) is 1. The van der Waals surface area contributed by atoms with Gasteiger partial charge in [-0.05, 0) is 49.6 Å². The minimum absolute atomic E-state index is 0.331. The summed E-state index contributed by atoms with van der Waals surface area (Å²) in [5.74, 6) is 1.49. The predicted octanol–water partition coefficient (Wildman–Crippen LogP) is 3.46. The van der Waals surface area contributed by atoms with Crippen molar-refractivity contribution < 1.29 is 4.39 Å². The van der Waals surface area contributed by atoms with E-state index in [1.165, 1.54) is 25.5 Å².